The number of rotatable bonds is 4. The highest BCUT2D eigenvalue weighted by Crippen LogP contribution is 2.22. The quantitative estimate of drug-likeness (QED) is 0.578. The third-order valence-corrected chi connectivity index (χ3v) is 3.59. The first-order chi connectivity index (χ1) is 9.78. The van der Waals surface area contributed by atoms with Gasteiger partial charge in [0.15, 0.2) is 0 Å². The minimum absolute atomic E-state index is 0.184. The third-order valence-electron chi connectivity index (χ3n) is 3.59. The van der Waals surface area contributed by atoms with Gasteiger partial charge in [-0.3, -0.25) is 0 Å². The van der Waals surface area contributed by atoms with Gasteiger partial charge in [-0.05, 0) is 25.0 Å². The van der Waals surface area contributed by atoms with Crippen molar-refractivity contribution in [2.75, 3.05) is 0 Å². The monoisotopic (exact) mass is 269 g/mol. The lowest BCUT2D eigenvalue weighted by Gasteiger charge is -1.99. The van der Waals surface area contributed by atoms with Crippen LogP contribution in [0.15, 0.2) is 29.2 Å². The number of nitrogens with zero attached hydrogens (tertiary/aromatic N) is 1. The van der Waals surface area contributed by atoms with Gasteiger partial charge < -0.3 is 20.3 Å². The second kappa shape index (κ2) is 4.35. The van der Waals surface area contributed by atoms with Gasteiger partial charge in [0, 0.05) is 11.6 Å². The van der Waals surface area contributed by atoms with Crippen LogP contribution in [0.2, 0.25) is 0 Å². The Hall–Kier alpha value is -2.34. The second-order valence-electron chi connectivity index (χ2n) is 5.24. The van der Waals surface area contributed by atoms with E-state index in [0.29, 0.717) is 6.04 Å². The number of aromatic amines is 3. The topological polar surface area (TPSA) is 89.4 Å². The lowest BCUT2D eigenvalue weighted by atomic mass is 10.1. The summed E-state index contributed by atoms with van der Waals surface area (Å²) in [6.07, 6.45) is 4.37. The fourth-order valence-corrected chi connectivity index (χ4v) is 2.33. The number of aromatic nitrogens is 4. The summed E-state index contributed by atoms with van der Waals surface area (Å²) in [7, 11) is 0. The molecule has 0 atom stereocenters. The first-order valence-electron chi connectivity index (χ1n) is 6.77. The Morgan fingerprint density at radius 2 is 2.05 bits per heavy atom. The van der Waals surface area contributed by atoms with Crippen molar-refractivity contribution in [1.82, 2.24) is 25.3 Å². The van der Waals surface area contributed by atoms with Gasteiger partial charge in [0.2, 0.25) is 0 Å². The minimum atomic E-state index is -0.184. The van der Waals surface area contributed by atoms with Crippen LogP contribution in [0.5, 0.6) is 0 Å². The van der Waals surface area contributed by atoms with Crippen molar-refractivity contribution in [2.24, 2.45) is 0 Å². The number of imidazole rings is 2. The smallest absolute Gasteiger partial charge is 0.323 e. The van der Waals surface area contributed by atoms with E-state index < -0.39 is 0 Å². The Morgan fingerprint density at radius 3 is 2.90 bits per heavy atom. The molecule has 2 aromatic heterocycles. The van der Waals surface area contributed by atoms with Crippen LogP contribution in [0.4, 0.5) is 0 Å². The fraction of sp³-hybridized carbons (Fsp3) is 0.286. The molecular weight excluding hydrogens is 254 g/mol. The first kappa shape index (κ1) is 11.5. The van der Waals surface area contributed by atoms with Gasteiger partial charge in [-0.1, -0.05) is 6.07 Å². The van der Waals surface area contributed by atoms with Crippen molar-refractivity contribution in [3.05, 3.63) is 40.7 Å². The van der Waals surface area contributed by atoms with Crippen LogP contribution in [-0.4, -0.2) is 26.0 Å². The molecular formula is C14H15N5O. The van der Waals surface area contributed by atoms with Crippen molar-refractivity contribution in [2.45, 2.75) is 25.4 Å². The maximum atomic E-state index is 11.3. The van der Waals surface area contributed by atoms with Gasteiger partial charge in [-0.2, -0.15) is 0 Å². The first-order valence-corrected chi connectivity index (χ1v) is 6.77. The zero-order valence-electron chi connectivity index (χ0n) is 10.9. The van der Waals surface area contributed by atoms with Crippen LogP contribution in [-0.2, 0) is 6.54 Å². The average molecular weight is 269 g/mol. The standard InChI is InChI=1S/C14H15N5O/c20-14-18-10-4-1-8(5-11(10)19-14)12-6-16-13(17-12)7-15-9-2-3-9/h1,4-6,9,15H,2-3,7H2,(H,16,17)(H2,18,19,20). The SMILES string of the molecule is O=c1[nH]c2ccc(-c3cnc(CNC4CC4)[nH]3)cc2[nH]1. The van der Waals surface area contributed by atoms with E-state index in [-0.39, 0.29) is 5.69 Å². The molecule has 1 aliphatic rings. The predicted octanol–water partition coefficient (Wildman–Crippen LogP) is 1.50. The molecule has 0 radical (unpaired) electrons. The van der Waals surface area contributed by atoms with Gasteiger partial charge in [-0.15, -0.1) is 0 Å². The number of hydrogen-bond donors (Lipinski definition) is 4. The summed E-state index contributed by atoms with van der Waals surface area (Å²) in [6, 6.07) is 6.48. The van der Waals surface area contributed by atoms with Crippen LogP contribution >= 0.6 is 0 Å². The normalized spacial score (nSPS) is 15.0. The summed E-state index contributed by atoms with van der Waals surface area (Å²) in [6.45, 7) is 0.772. The lowest BCUT2D eigenvalue weighted by molar-refractivity contribution is 0.664. The molecule has 1 aliphatic carbocycles. The van der Waals surface area contributed by atoms with Gasteiger partial charge in [-0.25, -0.2) is 9.78 Å². The average Bonchev–Trinajstić information content (AvgIpc) is 3.01. The fourth-order valence-electron chi connectivity index (χ4n) is 2.33. The van der Waals surface area contributed by atoms with E-state index in [1.165, 1.54) is 12.8 Å². The summed E-state index contributed by atoms with van der Waals surface area (Å²) < 4.78 is 0. The third kappa shape index (κ3) is 2.14. The van der Waals surface area contributed by atoms with Crippen LogP contribution in [0.1, 0.15) is 18.7 Å². The van der Waals surface area contributed by atoms with Crippen molar-refractivity contribution < 1.29 is 0 Å². The summed E-state index contributed by atoms with van der Waals surface area (Å²) in [5, 5.41) is 3.42. The number of nitrogens with one attached hydrogen (secondary N) is 4. The molecule has 102 valence electrons. The van der Waals surface area contributed by atoms with E-state index in [9.17, 15) is 4.79 Å². The van der Waals surface area contributed by atoms with Crippen LogP contribution in [0.3, 0.4) is 0 Å². The highest BCUT2D eigenvalue weighted by molar-refractivity contribution is 5.80. The summed E-state index contributed by atoms with van der Waals surface area (Å²) in [4.78, 5) is 24.4. The summed E-state index contributed by atoms with van der Waals surface area (Å²) in [5.74, 6) is 0.939. The maximum Gasteiger partial charge on any atom is 0.323 e. The molecule has 0 aliphatic heterocycles. The highest BCUT2D eigenvalue weighted by Gasteiger charge is 2.20. The number of benzene rings is 1. The second-order valence-corrected chi connectivity index (χ2v) is 5.24. The van der Waals surface area contributed by atoms with E-state index in [2.05, 4.69) is 25.3 Å². The molecule has 1 aromatic carbocycles. The number of H-pyrrole nitrogens is 3. The van der Waals surface area contributed by atoms with E-state index in [1.807, 2.05) is 24.4 Å². The molecule has 2 heterocycles. The largest absolute Gasteiger partial charge is 0.341 e. The Labute approximate surface area is 114 Å². The van der Waals surface area contributed by atoms with Gasteiger partial charge in [0.05, 0.1) is 29.5 Å². The molecule has 3 aromatic rings. The van der Waals surface area contributed by atoms with E-state index in [4.69, 9.17) is 0 Å². The van der Waals surface area contributed by atoms with Gasteiger partial charge in [0.25, 0.3) is 0 Å². The molecule has 1 saturated carbocycles. The summed E-state index contributed by atoms with van der Waals surface area (Å²) in [5.41, 5.74) is 3.41. The van der Waals surface area contributed by atoms with E-state index >= 15 is 0 Å². The zero-order chi connectivity index (χ0) is 13.5. The molecule has 4 rings (SSSR count). The minimum Gasteiger partial charge on any atom is -0.341 e. The lowest BCUT2D eigenvalue weighted by Crippen LogP contribution is -2.16. The van der Waals surface area contributed by atoms with E-state index in [0.717, 1.165) is 34.7 Å². The van der Waals surface area contributed by atoms with Crippen molar-refractivity contribution >= 4 is 11.0 Å². The Kier molecular flexibility index (Phi) is 2.50. The zero-order valence-corrected chi connectivity index (χ0v) is 10.9. The molecule has 0 spiro atoms. The number of fused-ring (bicyclic) bond motifs is 1. The molecule has 0 amide bonds. The highest BCUT2D eigenvalue weighted by atomic mass is 16.1. The molecule has 20 heavy (non-hydrogen) atoms. The Balaban J connectivity index is 1.62. The molecule has 0 saturated heterocycles. The van der Waals surface area contributed by atoms with Crippen molar-refractivity contribution in [3.63, 3.8) is 0 Å². The molecule has 4 N–H and O–H groups in total. The maximum absolute atomic E-state index is 11.3. The van der Waals surface area contributed by atoms with Crippen molar-refractivity contribution in [1.29, 1.82) is 0 Å². The Morgan fingerprint density at radius 1 is 1.20 bits per heavy atom. The van der Waals surface area contributed by atoms with Gasteiger partial charge in [0.1, 0.15) is 5.82 Å². The molecule has 1 fully saturated rings. The molecule has 0 bridgehead atoms. The molecule has 0 unspecified atom stereocenters. The predicted molar refractivity (Wildman–Crippen MR) is 76.4 cm³/mol. The Bertz CT molecular complexity index is 808. The van der Waals surface area contributed by atoms with Gasteiger partial charge >= 0.3 is 5.69 Å². The number of hydrogen-bond acceptors (Lipinski definition) is 3. The van der Waals surface area contributed by atoms with Crippen LogP contribution < -0.4 is 11.0 Å². The van der Waals surface area contributed by atoms with Crippen LogP contribution in [0, 0.1) is 0 Å². The van der Waals surface area contributed by atoms with E-state index in [1.54, 1.807) is 0 Å². The summed E-state index contributed by atoms with van der Waals surface area (Å²) >= 11 is 0. The van der Waals surface area contributed by atoms with Crippen LogP contribution in [0.25, 0.3) is 22.3 Å². The molecule has 6 nitrogen and oxygen atoms in total. The molecule has 6 heteroatoms. The van der Waals surface area contributed by atoms with Crippen molar-refractivity contribution in [3.8, 4) is 11.3 Å².